The van der Waals surface area contributed by atoms with Crippen LogP contribution in [0.15, 0.2) is 54.9 Å². The van der Waals surface area contributed by atoms with Crippen molar-refractivity contribution in [1.29, 1.82) is 0 Å². The van der Waals surface area contributed by atoms with E-state index in [4.69, 9.17) is 4.74 Å². The van der Waals surface area contributed by atoms with E-state index in [1.165, 1.54) is 42.7 Å². The molecule has 1 aromatic heterocycles. The minimum absolute atomic E-state index is 0.113. The number of aryl methyl sites for hydroxylation is 1. The van der Waals surface area contributed by atoms with Crippen LogP contribution in [0.1, 0.15) is 29.8 Å². The molecule has 12 heteroatoms. The molecule has 2 amide bonds. The Balaban J connectivity index is 1.34. The molecule has 4 rings (SSSR count). The maximum atomic E-state index is 14.6. The SMILES string of the molecule is Cc1ncc(OC(=O)NC2(C(=O)NCc3ccc(Nc4ccccc4C(F)(F)F)cc3F)CC2)cn1. The predicted octanol–water partition coefficient (Wildman–Crippen LogP) is 4.62. The number of alkyl halides is 3. The standard InChI is InChI=1S/C24H21F4N5O3/c1-14-29-12-17(13-30-14)36-22(35)33-23(8-9-23)21(34)31-11-15-6-7-16(10-19(15)25)32-20-5-3-2-4-18(20)24(26,27)28/h2-7,10,12-13,32H,8-9,11H2,1H3,(H,31,34)(H,33,35). The number of para-hydroxylation sites is 1. The molecule has 1 aliphatic rings. The van der Waals surface area contributed by atoms with Crippen molar-refractivity contribution in [3.63, 3.8) is 0 Å². The number of ether oxygens (including phenoxy) is 1. The van der Waals surface area contributed by atoms with E-state index in [2.05, 4.69) is 25.9 Å². The van der Waals surface area contributed by atoms with Crippen LogP contribution in [0.2, 0.25) is 0 Å². The van der Waals surface area contributed by atoms with Crippen molar-refractivity contribution in [1.82, 2.24) is 20.6 Å². The Bertz CT molecular complexity index is 1280. The molecule has 1 fully saturated rings. The molecule has 3 aromatic rings. The number of nitrogens with zero attached hydrogens (tertiary/aromatic N) is 2. The van der Waals surface area contributed by atoms with Gasteiger partial charge in [0.1, 0.15) is 17.2 Å². The molecule has 0 aliphatic heterocycles. The number of aromatic nitrogens is 2. The number of hydrogen-bond donors (Lipinski definition) is 3. The number of rotatable bonds is 7. The summed E-state index contributed by atoms with van der Waals surface area (Å²) in [6.07, 6.45) is -2.02. The smallest absolute Gasteiger partial charge is 0.407 e. The van der Waals surface area contributed by atoms with Gasteiger partial charge >= 0.3 is 12.3 Å². The van der Waals surface area contributed by atoms with Gasteiger partial charge < -0.3 is 20.7 Å². The summed E-state index contributed by atoms with van der Waals surface area (Å²) in [4.78, 5) is 32.6. The van der Waals surface area contributed by atoms with Crippen molar-refractivity contribution in [2.24, 2.45) is 0 Å². The fraction of sp³-hybridized carbons (Fsp3) is 0.250. The largest absolute Gasteiger partial charge is 0.418 e. The van der Waals surface area contributed by atoms with Gasteiger partial charge in [0.25, 0.3) is 0 Å². The van der Waals surface area contributed by atoms with Gasteiger partial charge in [0.2, 0.25) is 5.91 Å². The van der Waals surface area contributed by atoms with E-state index in [1.54, 1.807) is 6.92 Å². The Kier molecular flexibility index (Phi) is 6.77. The van der Waals surface area contributed by atoms with E-state index in [0.29, 0.717) is 18.7 Å². The molecule has 3 N–H and O–H groups in total. The minimum atomic E-state index is -4.57. The van der Waals surface area contributed by atoms with E-state index < -0.39 is 35.1 Å². The summed E-state index contributed by atoms with van der Waals surface area (Å²) in [6.45, 7) is 1.49. The molecule has 1 saturated carbocycles. The second-order valence-corrected chi connectivity index (χ2v) is 8.22. The van der Waals surface area contributed by atoms with Crippen molar-refractivity contribution < 1.29 is 31.9 Å². The van der Waals surface area contributed by atoms with Gasteiger partial charge in [-0.25, -0.2) is 19.2 Å². The maximum absolute atomic E-state index is 14.6. The maximum Gasteiger partial charge on any atom is 0.418 e. The van der Waals surface area contributed by atoms with E-state index in [1.807, 2.05) is 0 Å². The first kappa shape index (κ1) is 24.9. The predicted molar refractivity (Wildman–Crippen MR) is 121 cm³/mol. The van der Waals surface area contributed by atoms with Crippen LogP contribution in [0.4, 0.5) is 33.7 Å². The lowest BCUT2D eigenvalue weighted by Gasteiger charge is -2.17. The van der Waals surface area contributed by atoms with E-state index in [9.17, 15) is 27.2 Å². The summed E-state index contributed by atoms with van der Waals surface area (Å²) < 4.78 is 59.2. The molecular formula is C24H21F4N5O3. The van der Waals surface area contributed by atoms with Crippen LogP contribution in [0.3, 0.4) is 0 Å². The van der Waals surface area contributed by atoms with Crippen LogP contribution < -0.4 is 20.7 Å². The second kappa shape index (κ2) is 9.80. The van der Waals surface area contributed by atoms with Crippen LogP contribution in [0.25, 0.3) is 0 Å². The van der Waals surface area contributed by atoms with Crippen LogP contribution in [0, 0.1) is 12.7 Å². The molecule has 0 atom stereocenters. The van der Waals surface area contributed by atoms with Crippen molar-refractivity contribution in [2.45, 2.75) is 38.0 Å². The first-order valence-corrected chi connectivity index (χ1v) is 10.8. The van der Waals surface area contributed by atoms with Crippen LogP contribution >= 0.6 is 0 Å². The van der Waals surface area contributed by atoms with Gasteiger partial charge in [0, 0.05) is 17.8 Å². The summed E-state index contributed by atoms with van der Waals surface area (Å²) in [7, 11) is 0. The van der Waals surface area contributed by atoms with Gasteiger partial charge in [-0.1, -0.05) is 18.2 Å². The third-order valence-corrected chi connectivity index (χ3v) is 5.50. The zero-order valence-corrected chi connectivity index (χ0v) is 18.9. The first-order chi connectivity index (χ1) is 17.1. The highest BCUT2D eigenvalue weighted by Gasteiger charge is 2.51. The number of halogens is 4. The third-order valence-electron chi connectivity index (χ3n) is 5.50. The normalized spacial score (nSPS) is 14.0. The number of carbonyl (C=O) groups is 2. The monoisotopic (exact) mass is 503 g/mol. The second-order valence-electron chi connectivity index (χ2n) is 8.22. The Morgan fingerprint density at radius 3 is 2.42 bits per heavy atom. The summed E-state index contributed by atoms with van der Waals surface area (Å²) in [6, 6.07) is 8.67. The summed E-state index contributed by atoms with van der Waals surface area (Å²) in [5, 5.41) is 7.66. The van der Waals surface area contributed by atoms with Crippen LogP contribution in [0.5, 0.6) is 5.75 Å². The molecule has 0 saturated heterocycles. The lowest BCUT2D eigenvalue weighted by molar-refractivity contribution is -0.137. The van der Waals surface area contributed by atoms with Gasteiger partial charge in [-0.15, -0.1) is 0 Å². The highest BCUT2D eigenvalue weighted by molar-refractivity contribution is 5.93. The molecule has 0 unspecified atom stereocenters. The lowest BCUT2D eigenvalue weighted by Crippen LogP contribution is -2.49. The van der Waals surface area contributed by atoms with Gasteiger partial charge in [-0.05, 0) is 44.0 Å². The van der Waals surface area contributed by atoms with E-state index in [-0.39, 0.29) is 29.2 Å². The highest BCUT2D eigenvalue weighted by atomic mass is 19.4. The molecular weight excluding hydrogens is 482 g/mol. The van der Waals surface area contributed by atoms with Crippen molar-refractivity contribution >= 4 is 23.4 Å². The lowest BCUT2D eigenvalue weighted by atomic mass is 10.1. The molecule has 0 radical (unpaired) electrons. The minimum Gasteiger partial charge on any atom is -0.407 e. The Morgan fingerprint density at radius 1 is 1.08 bits per heavy atom. The third kappa shape index (κ3) is 5.88. The molecule has 188 valence electrons. The fourth-order valence-electron chi connectivity index (χ4n) is 3.40. The molecule has 1 heterocycles. The number of anilines is 2. The number of nitrogens with one attached hydrogen (secondary N) is 3. The topological polar surface area (TPSA) is 105 Å². The molecule has 1 aliphatic carbocycles. The number of benzene rings is 2. The average Bonchev–Trinajstić information content (AvgIpc) is 3.60. The zero-order chi connectivity index (χ0) is 25.9. The molecule has 36 heavy (non-hydrogen) atoms. The molecule has 8 nitrogen and oxygen atoms in total. The number of carbonyl (C=O) groups excluding carboxylic acids is 2. The van der Waals surface area contributed by atoms with E-state index >= 15 is 0 Å². The molecule has 0 bridgehead atoms. The summed E-state index contributed by atoms with van der Waals surface area (Å²) in [5.74, 6) is -0.618. The van der Waals surface area contributed by atoms with Crippen LogP contribution in [-0.4, -0.2) is 27.5 Å². The molecule has 0 spiro atoms. The van der Waals surface area contributed by atoms with Gasteiger partial charge in [-0.3, -0.25) is 4.79 Å². The van der Waals surface area contributed by atoms with Gasteiger partial charge in [0.15, 0.2) is 5.75 Å². The Morgan fingerprint density at radius 2 is 1.78 bits per heavy atom. The first-order valence-electron chi connectivity index (χ1n) is 10.8. The summed E-state index contributed by atoms with van der Waals surface area (Å²) in [5.41, 5.74) is -2.02. The van der Waals surface area contributed by atoms with Crippen molar-refractivity contribution in [3.8, 4) is 5.75 Å². The summed E-state index contributed by atoms with van der Waals surface area (Å²) >= 11 is 0. The van der Waals surface area contributed by atoms with Gasteiger partial charge in [-0.2, -0.15) is 13.2 Å². The van der Waals surface area contributed by atoms with Crippen molar-refractivity contribution in [3.05, 3.63) is 77.6 Å². The number of hydrogen-bond acceptors (Lipinski definition) is 6. The number of amides is 2. The van der Waals surface area contributed by atoms with Crippen molar-refractivity contribution in [2.75, 3.05) is 5.32 Å². The van der Waals surface area contributed by atoms with E-state index in [0.717, 1.165) is 12.1 Å². The Hall–Kier alpha value is -4.22. The highest BCUT2D eigenvalue weighted by Crippen LogP contribution is 2.37. The van der Waals surface area contributed by atoms with Crippen LogP contribution in [-0.2, 0) is 17.5 Å². The quantitative estimate of drug-likeness (QED) is 0.407. The average molecular weight is 503 g/mol. The Labute approximate surface area is 203 Å². The fourth-order valence-corrected chi connectivity index (χ4v) is 3.40. The van der Waals surface area contributed by atoms with Gasteiger partial charge in [0.05, 0.1) is 23.6 Å². The molecule has 2 aromatic carbocycles. The zero-order valence-electron chi connectivity index (χ0n) is 18.9.